The molecule has 2 unspecified atom stereocenters. The van der Waals surface area contributed by atoms with Crippen LogP contribution in [0.25, 0.3) is 0 Å². The molecule has 0 radical (unpaired) electrons. The van der Waals surface area contributed by atoms with Crippen LogP contribution < -0.4 is 4.74 Å². The molecule has 0 saturated heterocycles. The van der Waals surface area contributed by atoms with Gasteiger partial charge in [0.05, 0.1) is 29.1 Å². The summed E-state index contributed by atoms with van der Waals surface area (Å²) >= 11 is 0. The van der Waals surface area contributed by atoms with Gasteiger partial charge < -0.3 is 14.4 Å². The number of carbonyl (C=O) groups is 1. The average Bonchev–Trinajstić information content (AvgIpc) is 3.06. The number of likely N-dealkylation sites (N-methyl/N-ethyl adjacent to an activating group) is 1. The van der Waals surface area contributed by atoms with Gasteiger partial charge in [0, 0.05) is 18.8 Å². The zero-order chi connectivity index (χ0) is 22.5. The normalized spacial score (nSPS) is 17.9. The monoisotopic (exact) mass is 421 g/mol. The first-order valence-electron chi connectivity index (χ1n) is 9.96. The highest BCUT2D eigenvalue weighted by Crippen LogP contribution is 2.42. The second-order valence-electron chi connectivity index (χ2n) is 7.01. The highest BCUT2D eigenvalue weighted by atomic mass is 16.6. The second-order valence-corrected chi connectivity index (χ2v) is 7.01. The first kappa shape index (κ1) is 21.8. The van der Waals surface area contributed by atoms with Gasteiger partial charge in [0.15, 0.2) is 0 Å². The van der Waals surface area contributed by atoms with Gasteiger partial charge in [-0.15, -0.1) is 0 Å². The fourth-order valence-corrected chi connectivity index (χ4v) is 3.93. The lowest BCUT2D eigenvalue weighted by Crippen LogP contribution is -2.39. The highest BCUT2D eigenvalue weighted by Gasteiger charge is 2.44. The van der Waals surface area contributed by atoms with E-state index in [0.29, 0.717) is 17.7 Å². The van der Waals surface area contributed by atoms with Crippen LogP contribution in [0.3, 0.4) is 0 Å². The molecule has 160 valence electrons. The van der Waals surface area contributed by atoms with E-state index in [2.05, 4.69) is 6.07 Å². The van der Waals surface area contributed by atoms with Crippen LogP contribution in [0.15, 0.2) is 59.8 Å². The number of para-hydroxylation sites is 2. The minimum Gasteiger partial charge on any atom is -0.464 e. The van der Waals surface area contributed by atoms with E-state index in [1.165, 1.54) is 12.1 Å². The van der Waals surface area contributed by atoms with E-state index in [4.69, 9.17) is 9.47 Å². The van der Waals surface area contributed by atoms with Gasteiger partial charge in [-0.1, -0.05) is 31.2 Å². The van der Waals surface area contributed by atoms with Crippen LogP contribution in [0.4, 0.5) is 5.69 Å². The van der Waals surface area contributed by atoms with Crippen LogP contribution in [0.2, 0.25) is 0 Å². The molecule has 0 N–H and O–H groups in total. The van der Waals surface area contributed by atoms with Gasteiger partial charge in [-0.25, -0.2) is 4.79 Å². The fraction of sp³-hybridized carbons (Fsp3) is 0.304. The van der Waals surface area contributed by atoms with Crippen molar-refractivity contribution in [1.82, 2.24) is 4.90 Å². The van der Waals surface area contributed by atoms with Crippen molar-refractivity contribution >= 4 is 11.7 Å². The molecule has 2 aromatic carbocycles. The molecule has 31 heavy (non-hydrogen) atoms. The fourth-order valence-electron chi connectivity index (χ4n) is 3.93. The molecule has 0 amide bonds. The molecule has 0 saturated carbocycles. The predicted octanol–water partition coefficient (Wildman–Crippen LogP) is 4.54. The minimum absolute atomic E-state index is 0.131. The summed E-state index contributed by atoms with van der Waals surface area (Å²) in [6, 6.07) is 14.6. The standard InChI is InChI=1S/C23H23N3O5/c1-4-18-17(14-24)21(22(25(18)3)23(27)30-5-2)15-10-12-16(13-11-15)31-20-9-7-6-8-19(20)26(28)29/h6-13,21-22H,4-5H2,1-3H3. The van der Waals surface area contributed by atoms with Crippen LogP contribution >= 0.6 is 0 Å². The van der Waals surface area contributed by atoms with Crippen LogP contribution in [0.1, 0.15) is 31.7 Å². The number of nitrogens with zero attached hydrogens (tertiary/aromatic N) is 3. The molecule has 8 heteroatoms. The first-order valence-corrected chi connectivity index (χ1v) is 9.96. The Hall–Kier alpha value is -3.86. The van der Waals surface area contributed by atoms with E-state index in [1.54, 1.807) is 50.4 Å². The van der Waals surface area contributed by atoms with Crippen molar-refractivity contribution in [3.8, 4) is 17.6 Å². The third kappa shape index (κ3) is 4.21. The molecule has 8 nitrogen and oxygen atoms in total. The molecule has 0 spiro atoms. The number of allylic oxidation sites excluding steroid dienone is 1. The number of esters is 1. The van der Waals surface area contributed by atoms with Gasteiger partial charge in [-0.05, 0) is 37.1 Å². The number of ether oxygens (including phenoxy) is 2. The quantitative estimate of drug-likeness (QED) is 0.367. The van der Waals surface area contributed by atoms with E-state index in [-0.39, 0.29) is 24.0 Å². The van der Waals surface area contributed by atoms with Gasteiger partial charge in [0.25, 0.3) is 0 Å². The Morgan fingerprint density at radius 2 is 1.87 bits per heavy atom. The highest BCUT2D eigenvalue weighted by molar-refractivity contribution is 5.80. The number of nitro groups is 1. The molecule has 0 aromatic heterocycles. The van der Waals surface area contributed by atoms with E-state index < -0.39 is 16.9 Å². The lowest BCUT2D eigenvalue weighted by molar-refractivity contribution is -0.385. The topological polar surface area (TPSA) is 106 Å². The summed E-state index contributed by atoms with van der Waals surface area (Å²) in [5.41, 5.74) is 1.98. The van der Waals surface area contributed by atoms with E-state index in [1.807, 2.05) is 11.8 Å². The van der Waals surface area contributed by atoms with Crippen molar-refractivity contribution in [3.63, 3.8) is 0 Å². The molecule has 3 rings (SSSR count). The van der Waals surface area contributed by atoms with Crippen LogP contribution in [-0.4, -0.2) is 35.5 Å². The number of carbonyl (C=O) groups excluding carboxylic acids is 1. The van der Waals surface area contributed by atoms with Gasteiger partial charge in [-0.2, -0.15) is 5.26 Å². The molecule has 2 atom stereocenters. The van der Waals surface area contributed by atoms with Gasteiger partial charge in [0.1, 0.15) is 11.8 Å². The lowest BCUT2D eigenvalue weighted by Gasteiger charge is -2.27. The molecular weight excluding hydrogens is 398 g/mol. The molecule has 0 fully saturated rings. The van der Waals surface area contributed by atoms with Crippen molar-refractivity contribution in [1.29, 1.82) is 5.26 Å². The summed E-state index contributed by atoms with van der Waals surface area (Å²) in [6.45, 7) is 3.94. The summed E-state index contributed by atoms with van der Waals surface area (Å²) in [4.78, 5) is 25.2. The lowest BCUT2D eigenvalue weighted by atomic mass is 9.87. The Morgan fingerprint density at radius 1 is 1.19 bits per heavy atom. The van der Waals surface area contributed by atoms with Crippen LogP contribution in [0.5, 0.6) is 11.5 Å². The van der Waals surface area contributed by atoms with Crippen molar-refractivity contribution < 1.29 is 19.2 Å². The largest absolute Gasteiger partial charge is 0.464 e. The molecule has 1 aliphatic rings. The molecule has 0 aliphatic carbocycles. The Balaban J connectivity index is 1.94. The van der Waals surface area contributed by atoms with E-state index in [0.717, 1.165) is 11.3 Å². The third-order valence-corrected chi connectivity index (χ3v) is 5.29. The number of nitro benzene ring substituents is 1. The summed E-state index contributed by atoms with van der Waals surface area (Å²) in [5, 5.41) is 21.0. The zero-order valence-corrected chi connectivity index (χ0v) is 17.6. The predicted molar refractivity (Wildman–Crippen MR) is 113 cm³/mol. The second kappa shape index (κ2) is 9.30. The first-order chi connectivity index (χ1) is 14.9. The Morgan fingerprint density at radius 3 is 2.45 bits per heavy atom. The maximum atomic E-state index is 12.7. The van der Waals surface area contributed by atoms with E-state index >= 15 is 0 Å². The van der Waals surface area contributed by atoms with Crippen molar-refractivity contribution in [3.05, 3.63) is 75.5 Å². The Bertz CT molecular complexity index is 1060. The number of hydrogen-bond donors (Lipinski definition) is 0. The van der Waals surface area contributed by atoms with Gasteiger partial charge in [0.2, 0.25) is 5.75 Å². The van der Waals surface area contributed by atoms with E-state index in [9.17, 15) is 20.2 Å². The number of rotatable bonds is 7. The maximum Gasteiger partial charge on any atom is 0.329 e. The SMILES string of the molecule is CCOC(=O)C1C(c2ccc(Oc3ccccc3[N+](=O)[O-])cc2)C(C#N)=C(CC)N1C. The maximum absolute atomic E-state index is 12.7. The Labute approximate surface area is 180 Å². The molecule has 1 aliphatic heterocycles. The molecule has 0 bridgehead atoms. The van der Waals surface area contributed by atoms with Crippen LogP contribution in [-0.2, 0) is 9.53 Å². The molecular formula is C23H23N3O5. The average molecular weight is 421 g/mol. The van der Waals surface area contributed by atoms with Crippen molar-refractivity contribution in [2.24, 2.45) is 0 Å². The summed E-state index contributed by atoms with van der Waals surface area (Å²) in [6.07, 6.45) is 0.616. The third-order valence-electron chi connectivity index (χ3n) is 5.29. The van der Waals surface area contributed by atoms with Crippen molar-refractivity contribution in [2.45, 2.75) is 32.2 Å². The smallest absolute Gasteiger partial charge is 0.329 e. The minimum atomic E-state index is -0.633. The number of nitriles is 1. The van der Waals surface area contributed by atoms with Crippen molar-refractivity contribution in [2.75, 3.05) is 13.7 Å². The zero-order valence-electron chi connectivity index (χ0n) is 17.6. The number of hydrogen-bond acceptors (Lipinski definition) is 7. The van der Waals surface area contributed by atoms with Gasteiger partial charge in [-0.3, -0.25) is 10.1 Å². The summed E-state index contributed by atoms with van der Waals surface area (Å²) in [5.74, 6) is -0.304. The Kier molecular flexibility index (Phi) is 6.55. The summed E-state index contributed by atoms with van der Waals surface area (Å²) in [7, 11) is 1.80. The molecule has 1 heterocycles. The molecule has 2 aromatic rings. The summed E-state index contributed by atoms with van der Waals surface area (Å²) < 4.78 is 11.0. The number of benzene rings is 2. The van der Waals surface area contributed by atoms with Gasteiger partial charge >= 0.3 is 11.7 Å². The van der Waals surface area contributed by atoms with Crippen LogP contribution in [0, 0.1) is 21.4 Å².